The van der Waals surface area contributed by atoms with Crippen LogP contribution in [-0.2, 0) is 4.74 Å². The van der Waals surface area contributed by atoms with Crippen molar-refractivity contribution in [2.75, 3.05) is 34.9 Å². The van der Waals surface area contributed by atoms with Crippen LogP contribution in [0.15, 0.2) is 24.8 Å². The minimum atomic E-state index is 0.270. The highest BCUT2D eigenvalue weighted by Crippen LogP contribution is 2.51. The van der Waals surface area contributed by atoms with Crippen molar-refractivity contribution >= 4 is 0 Å². The summed E-state index contributed by atoms with van der Waals surface area (Å²) in [6.45, 7) is 43.9. The molecule has 3 nitrogen and oxygen atoms in total. The maximum absolute atomic E-state index is 7.00. The van der Waals surface area contributed by atoms with E-state index >= 15 is 0 Å². The fraction of sp³-hybridized carbons (Fsp3) is 0.880. The number of rotatable bonds is 18. The van der Waals surface area contributed by atoms with Crippen LogP contribution >= 0.6 is 0 Å². The van der Waals surface area contributed by atoms with Gasteiger partial charge in [0, 0.05) is 26.9 Å². The molecule has 0 saturated heterocycles. The molecular formula is C50H97NO2. The zero-order valence-electron chi connectivity index (χ0n) is 39.2. The molecule has 0 heterocycles. The maximum Gasteiger partial charge on any atom is 0.0459 e. The van der Waals surface area contributed by atoms with E-state index in [9.17, 15) is 0 Å². The summed E-state index contributed by atoms with van der Waals surface area (Å²) in [6.07, 6.45) is 20.3. The highest BCUT2D eigenvalue weighted by Gasteiger charge is 2.43. The topological polar surface area (TPSA) is 32.7 Å². The lowest BCUT2D eigenvalue weighted by atomic mass is 9.57. The number of hydrogen-bond donors (Lipinski definition) is 1. The molecule has 0 bridgehead atoms. The average molecular weight is 744 g/mol. The van der Waals surface area contributed by atoms with E-state index in [1.807, 2.05) is 0 Å². The van der Waals surface area contributed by atoms with Crippen LogP contribution in [0.5, 0.6) is 0 Å². The molecule has 0 radical (unpaired) electrons. The molecule has 0 aromatic heterocycles. The largest absolute Gasteiger partial charge is 0.400 e. The van der Waals surface area contributed by atoms with Gasteiger partial charge in [0.25, 0.3) is 0 Å². The summed E-state index contributed by atoms with van der Waals surface area (Å²) in [5.74, 6) is 11.9. The molecule has 2 saturated carbocycles. The van der Waals surface area contributed by atoms with Gasteiger partial charge in [-0.2, -0.15) is 0 Å². The molecule has 1 N–H and O–H groups in total. The van der Waals surface area contributed by atoms with Crippen molar-refractivity contribution in [3.05, 3.63) is 24.8 Å². The second kappa shape index (κ2) is 28.3. The average Bonchev–Trinajstić information content (AvgIpc) is 3.11. The molecule has 2 aliphatic carbocycles. The molecule has 9 unspecified atom stereocenters. The Hall–Kier alpha value is -1.08. The lowest BCUT2D eigenvalue weighted by Crippen LogP contribution is -2.41. The Morgan fingerprint density at radius 3 is 1.85 bits per heavy atom. The van der Waals surface area contributed by atoms with Crippen LogP contribution in [0.3, 0.4) is 0 Å². The van der Waals surface area contributed by atoms with E-state index < -0.39 is 0 Å². The first-order valence-corrected chi connectivity index (χ1v) is 22.0. The Morgan fingerprint density at radius 2 is 1.43 bits per heavy atom. The SMILES string of the molecule is C#CC.C=CC(C)C(CC1CC(C)C(C)C(C)C1)C(C)[C@@H](CC1CC(C)CC(N(C)C)C1)C(C)(C)CC(C)C(=C)[C@H](C)[C@@H](C)CC.CCCOC.CO. The maximum atomic E-state index is 7.00. The third-order valence-corrected chi connectivity index (χ3v) is 14.5. The number of aliphatic hydroxyl groups is 1. The Labute approximate surface area is 335 Å². The van der Waals surface area contributed by atoms with E-state index in [1.54, 1.807) is 14.0 Å². The second-order valence-electron chi connectivity index (χ2n) is 19.3. The van der Waals surface area contributed by atoms with Crippen molar-refractivity contribution in [3.8, 4) is 12.3 Å². The lowest BCUT2D eigenvalue weighted by Gasteiger charge is -2.48. The smallest absolute Gasteiger partial charge is 0.0459 e. The Kier molecular flexibility index (Phi) is 28.9. The van der Waals surface area contributed by atoms with Crippen molar-refractivity contribution in [3.63, 3.8) is 0 Å². The van der Waals surface area contributed by atoms with Gasteiger partial charge in [0.1, 0.15) is 0 Å². The van der Waals surface area contributed by atoms with Crippen molar-refractivity contribution in [1.82, 2.24) is 4.90 Å². The van der Waals surface area contributed by atoms with Crippen molar-refractivity contribution in [2.45, 2.75) is 167 Å². The van der Waals surface area contributed by atoms with Gasteiger partial charge in [-0.15, -0.1) is 18.9 Å². The number of allylic oxidation sites excluding steroid dienone is 2. The zero-order valence-corrected chi connectivity index (χ0v) is 39.2. The van der Waals surface area contributed by atoms with Gasteiger partial charge in [0.15, 0.2) is 0 Å². The fourth-order valence-corrected chi connectivity index (χ4v) is 10.5. The molecule has 0 aromatic carbocycles. The number of methoxy groups -OCH3 is 1. The van der Waals surface area contributed by atoms with Crippen LogP contribution in [0.2, 0.25) is 0 Å². The van der Waals surface area contributed by atoms with Crippen LogP contribution < -0.4 is 0 Å². The van der Waals surface area contributed by atoms with Gasteiger partial charge in [-0.25, -0.2) is 0 Å². The van der Waals surface area contributed by atoms with E-state index in [0.29, 0.717) is 41.4 Å². The molecule has 0 amide bonds. The van der Waals surface area contributed by atoms with Gasteiger partial charge in [0.05, 0.1) is 0 Å². The van der Waals surface area contributed by atoms with Gasteiger partial charge in [-0.05, 0) is 161 Å². The van der Waals surface area contributed by atoms with Crippen LogP contribution in [0, 0.1) is 94.7 Å². The standard InChI is InChI=1S/C42H79N.C4H10O.C3H4.CH4O/c1-17-28(4)34(10)35(11)32(8)26-42(13,14)41(25-37-19-27(3)20-39(23-37)43(15)16)36(12)40(29(5)18-2)24-38-21-30(6)33(9)31(7)22-38;1-3-4-5-2;1-3-2;1-2/h18,27-34,36-41H,2,11,17,19-26H2,1,3-10,12-16H3;3-4H2,1-2H3;1H,2H3;2H,1H3/t27?,28-,29?,30?,31?,32?,33?,34+,36?,37?,38?,39?,40?,41+;;;/m0.../s1. The van der Waals surface area contributed by atoms with Gasteiger partial charge >= 0.3 is 0 Å². The number of nitrogens with zero attached hydrogens (tertiary/aromatic N) is 1. The Balaban J connectivity index is 0. The van der Waals surface area contributed by atoms with Crippen molar-refractivity contribution in [2.24, 2.45) is 82.3 Å². The Morgan fingerprint density at radius 1 is 0.925 bits per heavy atom. The first-order chi connectivity index (χ1) is 24.8. The number of ether oxygens (including phenoxy) is 1. The van der Waals surface area contributed by atoms with Gasteiger partial charge in [0.2, 0.25) is 0 Å². The molecule has 12 atom stereocenters. The van der Waals surface area contributed by atoms with E-state index in [1.165, 1.54) is 63.4 Å². The number of hydrogen-bond acceptors (Lipinski definition) is 3. The summed E-state index contributed by atoms with van der Waals surface area (Å²) >= 11 is 0. The zero-order chi connectivity index (χ0) is 41.6. The third kappa shape index (κ3) is 19.1. The minimum absolute atomic E-state index is 0.270. The monoisotopic (exact) mass is 744 g/mol. The molecule has 2 fully saturated rings. The number of aliphatic hydroxyl groups excluding tert-OH is 1. The third-order valence-electron chi connectivity index (χ3n) is 14.5. The molecule has 3 heteroatoms. The summed E-state index contributed by atoms with van der Waals surface area (Å²) in [7, 11) is 7.33. The van der Waals surface area contributed by atoms with E-state index in [-0.39, 0.29) is 5.41 Å². The first-order valence-electron chi connectivity index (χ1n) is 22.0. The first kappa shape index (κ1) is 54.0. The van der Waals surface area contributed by atoms with Gasteiger partial charge < -0.3 is 14.7 Å². The van der Waals surface area contributed by atoms with Crippen LogP contribution in [0.25, 0.3) is 0 Å². The summed E-state index contributed by atoms with van der Waals surface area (Å²) in [4.78, 5) is 2.52. The molecule has 0 spiro atoms. The molecular weight excluding hydrogens is 647 g/mol. The Bertz CT molecular complexity index is 964. The molecule has 0 aliphatic heterocycles. The van der Waals surface area contributed by atoms with Crippen molar-refractivity contribution in [1.29, 1.82) is 0 Å². The van der Waals surface area contributed by atoms with E-state index in [2.05, 4.69) is 134 Å². The highest BCUT2D eigenvalue weighted by molar-refractivity contribution is 5.07. The molecule has 2 rings (SSSR count). The van der Waals surface area contributed by atoms with Crippen LogP contribution in [-0.4, -0.2) is 51.0 Å². The second-order valence-corrected chi connectivity index (χ2v) is 19.3. The van der Waals surface area contributed by atoms with Crippen LogP contribution in [0.4, 0.5) is 0 Å². The molecule has 0 aromatic rings. The predicted molar refractivity (Wildman–Crippen MR) is 239 cm³/mol. The molecule has 53 heavy (non-hydrogen) atoms. The van der Waals surface area contributed by atoms with Crippen molar-refractivity contribution < 1.29 is 9.84 Å². The highest BCUT2D eigenvalue weighted by atomic mass is 16.5. The lowest BCUT2D eigenvalue weighted by molar-refractivity contribution is 0.0213. The normalized spacial score (nSPS) is 28.4. The summed E-state index contributed by atoms with van der Waals surface area (Å²) in [5, 5.41) is 7.00. The van der Waals surface area contributed by atoms with E-state index in [0.717, 1.165) is 61.7 Å². The molecule has 314 valence electrons. The van der Waals surface area contributed by atoms with Crippen LogP contribution in [0.1, 0.15) is 161 Å². The summed E-state index contributed by atoms with van der Waals surface area (Å²) < 4.78 is 4.69. The van der Waals surface area contributed by atoms with Gasteiger partial charge in [-0.3, -0.25) is 0 Å². The number of terminal acetylenes is 1. The van der Waals surface area contributed by atoms with E-state index in [4.69, 9.17) is 16.4 Å². The fourth-order valence-electron chi connectivity index (χ4n) is 10.5. The summed E-state index contributed by atoms with van der Waals surface area (Å²) in [5.41, 5.74) is 1.76. The predicted octanol–water partition coefficient (Wildman–Crippen LogP) is 13.7. The quantitative estimate of drug-likeness (QED) is 0.112. The molecule has 2 aliphatic rings. The minimum Gasteiger partial charge on any atom is -0.400 e. The summed E-state index contributed by atoms with van der Waals surface area (Å²) in [6, 6.07) is 0.734. The van der Waals surface area contributed by atoms with Gasteiger partial charge in [-0.1, -0.05) is 115 Å².